The molecule has 0 aromatic heterocycles. The molecule has 0 aromatic carbocycles. The average molecular weight is 139 g/mol. The van der Waals surface area contributed by atoms with Crippen LogP contribution in [0.3, 0.4) is 0 Å². The minimum absolute atomic E-state index is 0.0347. The van der Waals surface area contributed by atoms with Crippen LogP contribution in [-0.2, 0) is 9.59 Å². The van der Waals surface area contributed by atoms with E-state index in [0.29, 0.717) is 19.4 Å². The van der Waals surface area contributed by atoms with E-state index in [0.717, 1.165) is 6.42 Å². The second-order valence-electron chi connectivity index (χ2n) is 2.86. The van der Waals surface area contributed by atoms with E-state index in [-0.39, 0.29) is 17.7 Å². The third-order valence-corrected chi connectivity index (χ3v) is 2.30. The zero-order valence-corrected chi connectivity index (χ0v) is 5.67. The Kier molecular flexibility index (Phi) is 1.07. The molecule has 0 aliphatic carbocycles. The first-order chi connectivity index (χ1) is 4.79. The van der Waals surface area contributed by atoms with E-state index >= 15 is 0 Å². The van der Waals surface area contributed by atoms with Crippen molar-refractivity contribution < 1.29 is 9.59 Å². The summed E-state index contributed by atoms with van der Waals surface area (Å²) in [5.41, 5.74) is 0. The van der Waals surface area contributed by atoms with Crippen LogP contribution < -0.4 is 0 Å². The summed E-state index contributed by atoms with van der Waals surface area (Å²) in [4.78, 5) is 23.7. The largest absolute Gasteiger partial charge is 0.332 e. The quantitative estimate of drug-likeness (QED) is 0.472. The average Bonchev–Trinajstić information content (AvgIpc) is 2.41. The maximum absolute atomic E-state index is 11.0. The first-order valence-corrected chi connectivity index (χ1v) is 3.61. The first kappa shape index (κ1) is 5.89. The van der Waals surface area contributed by atoms with Crippen LogP contribution in [0.5, 0.6) is 0 Å². The molecule has 1 unspecified atom stereocenters. The lowest BCUT2D eigenvalue weighted by Crippen LogP contribution is -2.29. The molecule has 0 saturated carbocycles. The van der Waals surface area contributed by atoms with Gasteiger partial charge in [-0.25, -0.2) is 0 Å². The van der Waals surface area contributed by atoms with Gasteiger partial charge >= 0.3 is 0 Å². The third kappa shape index (κ3) is 0.602. The molecular weight excluding hydrogens is 130 g/mol. The van der Waals surface area contributed by atoms with Crippen LogP contribution in [0.1, 0.15) is 19.3 Å². The number of hydrogen-bond donors (Lipinski definition) is 0. The number of ketones is 1. The van der Waals surface area contributed by atoms with Gasteiger partial charge in [0.2, 0.25) is 5.91 Å². The number of nitrogens with zero attached hydrogens (tertiary/aromatic N) is 1. The zero-order valence-electron chi connectivity index (χ0n) is 5.67. The molecule has 2 aliphatic rings. The molecule has 10 heavy (non-hydrogen) atoms. The van der Waals surface area contributed by atoms with Crippen molar-refractivity contribution in [2.45, 2.75) is 25.3 Å². The fourth-order valence-corrected chi connectivity index (χ4v) is 1.75. The van der Waals surface area contributed by atoms with Crippen molar-refractivity contribution in [1.29, 1.82) is 0 Å². The monoisotopic (exact) mass is 139 g/mol. The molecule has 0 N–H and O–H groups in total. The number of carbonyl (C=O) groups excluding carboxylic acids is 2. The third-order valence-electron chi connectivity index (χ3n) is 2.30. The summed E-state index contributed by atoms with van der Waals surface area (Å²) in [5.74, 6) is 0.418. The smallest absolute Gasteiger partial charge is 0.223 e. The topological polar surface area (TPSA) is 37.4 Å². The van der Waals surface area contributed by atoms with Gasteiger partial charge in [-0.1, -0.05) is 0 Å². The summed E-state index contributed by atoms with van der Waals surface area (Å²) in [6.07, 6.45) is 1.92. The van der Waals surface area contributed by atoms with Gasteiger partial charge in [-0.3, -0.25) is 9.59 Å². The van der Waals surface area contributed by atoms with Gasteiger partial charge in [0, 0.05) is 19.4 Å². The Balaban J connectivity index is 2.24. The van der Waals surface area contributed by atoms with Crippen molar-refractivity contribution in [3.8, 4) is 0 Å². The number of fused-ring (bicyclic) bond motifs is 1. The van der Waals surface area contributed by atoms with Crippen LogP contribution in [0.2, 0.25) is 0 Å². The van der Waals surface area contributed by atoms with Gasteiger partial charge in [-0.2, -0.15) is 0 Å². The van der Waals surface area contributed by atoms with Gasteiger partial charge in [0.25, 0.3) is 0 Å². The predicted molar refractivity (Wildman–Crippen MR) is 34.4 cm³/mol. The molecular formula is C7H9NO2. The Morgan fingerprint density at radius 3 is 2.80 bits per heavy atom. The Bertz CT molecular complexity index is 178. The highest BCUT2D eigenvalue weighted by Crippen LogP contribution is 2.25. The summed E-state index contributed by atoms with van der Waals surface area (Å²) in [5, 5.41) is 0. The summed E-state index contributed by atoms with van der Waals surface area (Å²) in [7, 11) is 0. The second kappa shape index (κ2) is 1.81. The molecule has 2 fully saturated rings. The van der Waals surface area contributed by atoms with E-state index < -0.39 is 0 Å². The fourth-order valence-electron chi connectivity index (χ4n) is 1.75. The number of hydrogen-bond acceptors (Lipinski definition) is 2. The second-order valence-corrected chi connectivity index (χ2v) is 2.86. The normalized spacial score (nSPS) is 31.6. The van der Waals surface area contributed by atoms with Crippen molar-refractivity contribution in [2.24, 2.45) is 0 Å². The summed E-state index contributed by atoms with van der Waals surface area (Å²) in [6, 6.07) is -0.0347. The maximum Gasteiger partial charge on any atom is 0.223 e. The molecule has 3 heteroatoms. The van der Waals surface area contributed by atoms with E-state index in [1.807, 2.05) is 0 Å². The maximum atomic E-state index is 11.0. The van der Waals surface area contributed by atoms with E-state index in [9.17, 15) is 9.59 Å². The number of rotatable bonds is 0. The SMILES string of the molecule is O=C1CCN2C(=O)CCC12. The highest BCUT2D eigenvalue weighted by Gasteiger charge is 2.40. The van der Waals surface area contributed by atoms with E-state index in [2.05, 4.69) is 0 Å². The molecule has 0 aromatic rings. The Labute approximate surface area is 59.0 Å². The summed E-state index contributed by atoms with van der Waals surface area (Å²) < 4.78 is 0. The van der Waals surface area contributed by atoms with Crippen molar-refractivity contribution in [3.05, 3.63) is 0 Å². The van der Waals surface area contributed by atoms with Gasteiger partial charge in [-0.15, -0.1) is 0 Å². The van der Waals surface area contributed by atoms with E-state index in [4.69, 9.17) is 0 Å². The van der Waals surface area contributed by atoms with Gasteiger partial charge < -0.3 is 4.90 Å². The molecule has 2 saturated heterocycles. The zero-order chi connectivity index (χ0) is 7.14. The van der Waals surface area contributed by atoms with Crippen molar-refractivity contribution >= 4 is 11.7 Å². The first-order valence-electron chi connectivity index (χ1n) is 3.61. The van der Waals surface area contributed by atoms with Crippen LogP contribution in [0.4, 0.5) is 0 Å². The lowest BCUT2D eigenvalue weighted by Gasteiger charge is -2.11. The molecule has 54 valence electrons. The van der Waals surface area contributed by atoms with E-state index in [1.165, 1.54) is 0 Å². The van der Waals surface area contributed by atoms with Gasteiger partial charge in [0.15, 0.2) is 5.78 Å². The van der Waals surface area contributed by atoms with Crippen molar-refractivity contribution in [2.75, 3.05) is 6.54 Å². The molecule has 3 nitrogen and oxygen atoms in total. The highest BCUT2D eigenvalue weighted by atomic mass is 16.2. The lowest BCUT2D eigenvalue weighted by atomic mass is 10.1. The Morgan fingerprint density at radius 2 is 2.10 bits per heavy atom. The van der Waals surface area contributed by atoms with Crippen LogP contribution in [0, 0.1) is 0 Å². The number of amides is 1. The fraction of sp³-hybridized carbons (Fsp3) is 0.714. The molecule has 1 amide bonds. The molecule has 2 rings (SSSR count). The number of carbonyl (C=O) groups is 2. The van der Waals surface area contributed by atoms with Crippen molar-refractivity contribution in [3.63, 3.8) is 0 Å². The lowest BCUT2D eigenvalue weighted by molar-refractivity contribution is -0.129. The van der Waals surface area contributed by atoms with Gasteiger partial charge in [0.05, 0.1) is 6.04 Å². The highest BCUT2D eigenvalue weighted by molar-refractivity contribution is 5.95. The predicted octanol–water partition coefficient (Wildman–Crippen LogP) is -0.0498. The Hall–Kier alpha value is -0.860. The van der Waals surface area contributed by atoms with Crippen molar-refractivity contribution in [1.82, 2.24) is 4.90 Å². The minimum atomic E-state index is -0.0347. The Morgan fingerprint density at radius 1 is 1.30 bits per heavy atom. The minimum Gasteiger partial charge on any atom is -0.332 e. The van der Waals surface area contributed by atoms with Gasteiger partial charge in [0.1, 0.15) is 0 Å². The molecule has 0 spiro atoms. The standard InChI is InChI=1S/C7H9NO2/c9-6-3-4-8-5(6)1-2-7(8)10/h5H,1-4H2. The molecule has 2 heterocycles. The molecule has 1 atom stereocenters. The van der Waals surface area contributed by atoms with E-state index in [1.54, 1.807) is 4.90 Å². The molecule has 0 radical (unpaired) electrons. The van der Waals surface area contributed by atoms with Crippen LogP contribution >= 0.6 is 0 Å². The van der Waals surface area contributed by atoms with Crippen LogP contribution in [0.25, 0.3) is 0 Å². The number of Topliss-reactive ketones (excluding diaryl/α,β-unsaturated/α-hetero) is 1. The summed E-state index contributed by atoms with van der Waals surface area (Å²) >= 11 is 0. The summed E-state index contributed by atoms with van der Waals surface area (Å²) in [6.45, 7) is 0.669. The molecule has 0 bridgehead atoms. The van der Waals surface area contributed by atoms with Crippen LogP contribution in [-0.4, -0.2) is 29.2 Å². The van der Waals surface area contributed by atoms with Gasteiger partial charge in [-0.05, 0) is 6.42 Å². The molecule has 2 aliphatic heterocycles. The van der Waals surface area contributed by atoms with Crippen LogP contribution in [0.15, 0.2) is 0 Å².